The number of rotatable bonds is 5. The van der Waals surface area contributed by atoms with Crippen LogP contribution < -0.4 is 5.32 Å². The van der Waals surface area contributed by atoms with Crippen LogP contribution in [-0.2, 0) is 4.74 Å². The number of halogens is 1. The second-order valence-corrected chi connectivity index (χ2v) is 8.30. The van der Waals surface area contributed by atoms with E-state index < -0.39 is 0 Å². The van der Waals surface area contributed by atoms with Crippen molar-refractivity contribution in [3.05, 3.63) is 35.0 Å². The van der Waals surface area contributed by atoms with Gasteiger partial charge in [-0.3, -0.25) is 4.79 Å². The molecule has 2 N–H and O–H groups in total. The SMILES string of the molecule is O=C(NC[C@@H]1CCC[C@@H](CO)C1)c1cn(C2CCOC2)c2cccc(Cl)c12. The number of aromatic nitrogens is 1. The summed E-state index contributed by atoms with van der Waals surface area (Å²) >= 11 is 6.46. The highest BCUT2D eigenvalue weighted by molar-refractivity contribution is 6.36. The van der Waals surface area contributed by atoms with E-state index >= 15 is 0 Å². The van der Waals surface area contributed by atoms with Gasteiger partial charge in [0, 0.05) is 31.3 Å². The van der Waals surface area contributed by atoms with Gasteiger partial charge in [-0.1, -0.05) is 24.1 Å². The van der Waals surface area contributed by atoms with Gasteiger partial charge in [0.15, 0.2) is 0 Å². The molecular formula is C21H27ClN2O3. The number of aliphatic hydroxyl groups excluding tert-OH is 1. The second kappa shape index (κ2) is 8.21. The first kappa shape index (κ1) is 18.8. The first-order valence-electron chi connectivity index (χ1n) is 9.93. The van der Waals surface area contributed by atoms with E-state index in [0.29, 0.717) is 35.6 Å². The normalized spacial score (nSPS) is 25.8. The van der Waals surface area contributed by atoms with Crippen molar-refractivity contribution in [3.63, 3.8) is 0 Å². The van der Waals surface area contributed by atoms with E-state index in [1.807, 2.05) is 24.4 Å². The van der Waals surface area contributed by atoms with E-state index in [2.05, 4.69) is 9.88 Å². The number of carbonyl (C=O) groups is 1. The standard InChI is InChI=1S/C21H27ClN2O3/c22-18-5-2-6-19-20(18)17(11-24(19)16-7-8-27-13-16)21(26)23-10-14-3-1-4-15(9-14)12-25/h2,5-6,11,14-16,25H,1,3-4,7-10,12-13H2,(H,23,26)/t14-,15-,16?/m1/s1. The molecule has 6 heteroatoms. The van der Waals surface area contributed by atoms with Gasteiger partial charge in [-0.15, -0.1) is 0 Å². The average molecular weight is 391 g/mol. The molecular weight excluding hydrogens is 364 g/mol. The van der Waals surface area contributed by atoms with Crippen molar-refractivity contribution >= 4 is 28.4 Å². The maximum Gasteiger partial charge on any atom is 0.253 e. The van der Waals surface area contributed by atoms with E-state index in [4.69, 9.17) is 16.3 Å². The van der Waals surface area contributed by atoms with Gasteiger partial charge in [-0.25, -0.2) is 0 Å². The zero-order chi connectivity index (χ0) is 18.8. The summed E-state index contributed by atoms with van der Waals surface area (Å²) in [6.45, 7) is 2.32. The van der Waals surface area contributed by atoms with Gasteiger partial charge in [0.1, 0.15) is 0 Å². The summed E-state index contributed by atoms with van der Waals surface area (Å²) in [5, 5.41) is 13.9. The number of nitrogens with zero attached hydrogens (tertiary/aromatic N) is 1. The fraction of sp³-hybridized carbons (Fsp3) is 0.571. The lowest BCUT2D eigenvalue weighted by Gasteiger charge is -2.27. The van der Waals surface area contributed by atoms with Crippen LogP contribution in [0.25, 0.3) is 10.9 Å². The zero-order valence-electron chi connectivity index (χ0n) is 15.5. The minimum atomic E-state index is -0.0723. The van der Waals surface area contributed by atoms with Gasteiger partial charge in [-0.05, 0) is 49.7 Å². The number of fused-ring (bicyclic) bond motifs is 1. The molecule has 5 nitrogen and oxygen atoms in total. The molecule has 0 radical (unpaired) electrons. The fourth-order valence-corrected chi connectivity index (χ4v) is 4.84. The summed E-state index contributed by atoms with van der Waals surface area (Å²) in [4.78, 5) is 13.0. The number of carbonyl (C=O) groups excluding carboxylic acids is 1. The van der Waals surface area contributed by atoms with Gasteiger partial charge in [0.05, 0.1) is 28.8 Å². The molecule has 146 valence electrons. The zero-order valence-corrected chi connectivity index (χ0v) is 16.3. The summed E-state index contributed by atoms with van der Waals surface area (Å²) in [7, 11) is 0. The van der Waals surface area contributed by atoms with Crippen molar-refractivity contribution in [2.75, 3.05) is 26.4 Å². The molecule has 4 rings (SSSR count). The number of hydrogen-bond donors (Lipinski definition) is 2. The molecule has 1 saturated carbocycles. The molecule has 1 aromatic carbocycles. The van der Waals surface area contributed by atoms with Crippen molar-refractivity contribution in [1.82, 2.24) is 9.88 Å². The summed E-state index contributed by atoms with van der Waals surface area (Å²) in [5.74, 6) is 0.739. The Kier molecular flexibility index (Phi) is 5.71. The molecule has 2 aliphatic rings. The first-order valence-corrected chi connectivity index (χ1v) is 10.3. The van der Waals surface area contributed by atoms with Crippen LogP contribution in [0.2, 0.25) is 5.02 Å². The predicted octanol–water partition coefficient (Wildman–Crippen LogP) is 3.78. The third-order valence-corrected chi connectivity index (χ3v) is 6.37. The lowest BCUT2D eigenvalue weighted by atomic mass is 9.82. The highest BCUT2D eigenvalue weighted by atomic mass is 35.5. The third-order valence-electron chi connectivity index (χ3n) is 6.05. The van der Waals surface area contributed by atoms with Crippen LogP contribution in [0.4, 0.5) is 0 Å². The van der Waals surface area contributed by atoms with Crippen molar-refractivity contribution in [2.45, 2.75) is 38.1 Å². The molecule has 0 spiro atoms. The Labute approximate surface area is 164 Å². The number of hydrogen-bond acceptors (Lipinski definition) is 3. The van der Waals surface area contributed by atoms with Gasteiger partial charge in [0.2, 0.25) is 0 Å². The molecule has 1 aromatic heterocycles. The van der Waals surface area contributed by atoms with Crippen LogP contribution in [0.15, 0.2) is 24.4 Å². The largest absolute Gasteiger partial charge is 0.396 e. The van der Waals surface area contributed by atoms with Crippen LogP contribution in [-0.4, -0.2) is 41.9 Å². The fourth-order valence-electron chi connectivity index (χ4n) is 4.57. The molecule has 0 bridgehead atoms. The third kappa shape index (κ3) is 3.86. The number of amides is 1. The summed E-state index contributed by atoms with van der Waals surface area (Å²) in [5.41, 5.74) is 1.62. The Bertz CT molecular complexity index is 813. The highest BCUT2D eigenvalue weighted by Crippen LogP contribution is 2.33. The minimum Gasteiger partial charge on any atom is -0.396 e. The molecule has 1 saturated heterocycles. The minimum absolute atomic E-state index is 0.0723. The van der Waals surface area contributed by atoms with Gasteiger partial charge in [-0.2, -0.15) is 0 Å². The number of benzene rings is 1. The van der Waals surface area contributed by atoms with E-state index in [9.17, 15) is 9.90 Å². The maximum absolute atomic E-state index is 13.0. The molecule has 1 unspecified atom stereocenters. The Morgan fingerprint density at radius 1 is 1.30 bits per heavy atom. The summed E-state index contributed by atoms with van der Waals surface area (Å²) < 4.78 is 7.68. The second-order valence-electron chi connectivity index (χ2n) is 7.89. The smallest absolute Gasteiger partial charge is 0.253 e. The number of ether oxygens (including phenoxy) is 1. The first-order chi connectivity index (χ1) is 13.2. The average Bonchev–Trinajstić information content (AvgIpc) is 3.34. The maximum atomic E-state index is 13.0. The van der Waals surface area contributed by atoms with Crippen molar-refractivity contribution < 1.29 is 14.6 Å². The quantitative estimate of drug-likeness (QED) is 0.816. The molecule has 27 heavy (non-hydrogen) atoms. The molecule has 2 fully saturated rings. The van der Waals surface area contributed by atoms with Crippen LogP contribution in [0.5, 0.6) is 0 Å². The van der Waals surface area contributed by atoms with E-state index in [1.54, 1.807) is 0 Å². The van der Waals surface area contributed by atoms with E-state index in [0.717, 1.165) is 49.6 Å². The lowest BCUT2D eigenvalue weighted by Crippen LogP contribution is -2.32. The molecule has 3 atom stereocenters. The highest BCUT2D eigenvalue weighted by Gasteiger charge is 2.25. The summed E-state index contributed by atoms with van der Waals surface area (Å²) in [6, 6.07) is 6.03. The van der Waals surface area contributed by atoms with Crippen LogP contribution in [0, 0.1) is 11.8 Å². The van der Waals surface area contributed by atoms with Gasteiger partial charge < -0.3 is 19.7 Å². The van der Waals surface area contributed by atoms with Crippen molar-refractivity contribution in [3.8, 4) is 0 Å². The molecule has 2 heterocycles. The topological polar surface area (TPSA) is 63.5 Å². The van der Waals surface area contributed by atoms with Crippen molar-refractivity contribution in [2.24, 2.45) is 11.8 Å². The van der Waals surface area contributed by atoms with Crippen LogP contribution in [0.3, 0.4) is 0 Å². The van der Waals surface area contributed by atoms with Gasteiger partial charge >= 0.3 is 0 Å². The number of aliphatic hydroxyl groups is 1. The Morgan fingerprint density at radius 2 is 2.15 bits per heavy atom. The van der Waals surface area contributed by atoms with Crippen LogP contribution >= 0.6 is 11.6 Å². The molecule has 2 aromatic rings. The monoisotopic (exact) mass is 390 g/mol. The predicted molar refractivity (Wildman–Crippen MR) is 106 cm³/mol. The molecule has 1 aliphatic heterocycles. The van der Waals surface area contributed by atoms with Crippen molar-refractivity contribution in [1.29, 1.82) is 0 Å². The summed E-state index contributed by atoms with van der Waals surface area (Å²) in [6.07, 6.45) is 7.19. The van der Waals surface area contributed by atoms with E-state index in [-0.39, 0.29) is 18.6 Å². The Morgan fingerprint density at radius 3 is 2.93 bits per heavy atom. The van der Waals surface area contributed by atoms with E-state index in [1.165, 1.54) is 0 Å². The lowest BCUT2D eigenvalue weighted by molar-refractivity contribution is 0.0935. The Hall–Kier alpha value is -1.56. The molecule has 1 amide bonds. The Balaban J connectivity index is 1.54. The van der Waals surface area contributed by atoms with Gasteiger partial charge in [0.25, 0.3) is 5.91 Å². The number of nitrogens with one attached hydrogen (secondary N) is 1. The molecule has 1 aliphatic carbocycles. The van der Waals surface area contributed by atoms with Crippen LogP contribution in [0.1, 0.15) is 48.5 Å².